The van der Waals surface area contributed by atoms with Gasteiger partial charge in [-0.05, 0) is 23.8 Å². The van der Waals surface area contributed by atoms with E-state index in [1.54, 1.807) is 30.1 Å². The van der Waals surface area contributed by atoms with Gasteiger partial charge in [0.05, 0.1) is 15.9 Å². The van der Waals surface area contributed by atoms with E-state index < -0.39 is 10.0 Å². The Morgan fingerprint density at radius 1 is 1.06 bits per heavy atom. The van der Waals surface area contributed by atoms with Crippen molar-refractivity contribution >= 4 is 27.0 Å². The zero-order chi connectivity index (χ0) is 22.6. The van der Waals surface area contributed by atoms with Gasteiger partial charge in [0.1, 0.15) is 5.82 Å². The lowest BCUT2D eigenvalue weighted by Crippen LogP contribution is -2.30. The smallest absolute Gasteiger partial charge is 0.243 e. The number of aryl methyl sites for hydroxylation is 2. The molecule has 3 aromatic rings. The van der Waals surface area contributed by atoms with Crippen LogP contribution in [0.5, 0.6) is 0 Å². The Morgan fingerprint density at radius 2 is 1.74 bits per heavy atom. The summed E-state index contributed by atoms with van der Waals surface area (Å²) < 4.78 is 29.0. The van der Waals surface area contributed by atoms with Gasteiger partial charge in [-0.15, -0.1) is 0 Å². The molecule has 0 aliphatic rings. The molecule has 1 aromatic heterocycles. The Kier molecular flexibility index (Phi) is 7.12. The van der Waals surface area contributed by atoms with Gasteiger partial charge in [0.25, 0.3) is 0 Å². The highest BCUT2D eigenvalue weighted by Crippen LogP contribution is 2.23. The highest BCUT2D eigenvalue weighted by Gasteiger charge is 2.23. The van der Waals surface area contributed by atoms with Gasteiger partial charge in [0.2, 0.25) is 15.9 Å². The van der Waals surface area contributed by atoms with Crippen LogP contribution in [0, 0.1) is 0 Å². The summed E-state index contributed by atoms with van der Waals surface area (Å²) in [6, 6.07) is 14.9. The van der Waals surface area contributed by atoms with Crippen LogP contribution in [0.2, 0.25) is 0 Å². The molecule has 0 unspecified atom stereocenters. The summed E-state index contributed by atoms with van der Waals surface area (Å²) >= 11 is 0. The SMILES string of the molecule is CCN(CC)S(=O)(=O)c1ccc2c(c1)nc(CCC(=O)N(C)Cc1ccccc1)n2C. The number of benzene rings is 2. The summed E-state index contributed by atoms with van der Waals surface area (Å²) in [5, 5.41) is 0. The molecule has 2 aromatic carbocycles. The number of aromatic nitrogens is 2. The zero-order valence-electron chi connectivity index (χ0n) is 18.6. The topological polar surface area (TPSA) is 75.5 Å². The zero-order valence-corrected chi connectivity index (χ0v) is 19.4. The molecule has 0 spiro atoms. The number of carbonyl (C=O) groups excluding carboxylic acids is 1. The maximum atomic E-state index is 12.8. The predicted molar refractivity (Wildman–Crippen MR) is 122 cm³/mol. The number of hydrogen-bond donors (Lipinski definition) is 0. The molecule has 1 amide bonds. The van der Waals surface area contributed by atoms with Crippen molar-refractivity contribution in [3.8, 4) is 0 Å². The maximum Gasteiger partial charge on any atom is 0.243 e. The third-order valence-corrected chi connectivity index (χ3v) is 7.58. The number of nitrogens with zero attached hydrogens (tertiary/aromatic N) is 4. The highest BCUT2D eigenvalue weighted by atomic mass is 32.2. The molecule has 166 valence electrons. The molecule has 7 nitrogen and oxygen atoms in total. The highest BCUT2D eigenvalue weighted by molar-refractivity contribution is 7.89. The van der Waals surface area contributed by atoms with E-state index in [9.17, 15) is 13.2 Å². The summed E-state index contributed by atoms with van der Waals surface area (Å²) in [6.45, 7) is 5.05. The molecule has 31 heavy (non-hydrogen) atoms. The lowest BCUT2D eigenvalue weighted by molar-refractivity contribution is -0.130. The fourth-order valence-electron chi connectivity index (χ4n) is 3.68. The Balaban J connectivity index is 1.74. The molecular formula is C23H30N4O3S. The fourth-order valence-corrected chi connectivity index (χ4v) is 5.16. The van der Waals surface area contributed by atoms with E-state index in [0.29, 0.717) is 38.0 Å². The van der Waals surface area contributed by atoms with Gasteiger partial charge < -0.3 is 9.47 Å². The molecule has 0 atom stereocenters. The molecule has 0 N–H and O–H groups in total. The number of rotatable bonds is 9. The Labute approximate surface area is 184 Å². The summed E-state index contributed by atoms with van der Waals surface area (Å²) in [5.74, 6) is 0.801. The standard InChI is InChI=1S/C23H30N4O3S/c1-5-27(6-2)31(29,30)19-12-13-21-20(16-19)24-22(26(21)4)14-15-23(28)25(3)17-18-10-8-7-9-11-18/h7-13,16H,5-6,14-15,17H2,1-4H3. The summed E-state index contributed by atoms with van der Waals surface area (Å²) in [6.07, 6.45) is 0.826. The third kappa shape index (κ3) is 4.97. The second kappa shape index (κ2) is 9.62. The van der Waals surface area contributed by atoms with Crippen LogP contribution in [0.15, 0.2) is 53.4 Å². The monoisotopic (exact) mass is 442 g/mol. The van der Waals surface area contributed by atoms with Crippen molar-refractivity contribution in [3.63, 3.8) is 0 Å². The van der Waals surface area contributed by atoms with Gasteiger partial charge in [-0.2, -0.15) is 4.31 Å². The van der Waals surface area contributed by atoms with Crippen LogP contribution in [0.3, 0.4) is 0 Å². The van der Waals surface area contributed by atoms with E-state index in [-0.39, 0.29) is 10.8 Å². The molecule has 3 rings (SSSR count). The third-order valence-electron chi connectivity index (χ3n) is 5.54. The first-order valence-electron chi connectivity index (χ1n) is 10.5. The van der Waals surface area contributed by atoms with Crippen LogP contribution < -0.4 is 0 Å². The van der Waals surface area contributed by atoms with Crippen molar-refractivity contribution in [1.29, 1.82) is 0 Å². The summed E-state index contributed by atoms with van der Waals surface area (Å²) in [5.41, 5.74) is 2.55. The van der Waals surface area contributed by atoms with Gasteiger partial charge >= 0.3 is 0 Å². The van der Waals surface area contributed by atoms with Crippen LogP contribution in [0.4, 0.5) is 0 Å². The second-order valence-electron chi connectivity index (χ2n) is 7.56. The van der Waals surface area contributed by atoms with Gasteiger partial charge in [0, 0.05) is 46.6 Å². The first-order chi connectivity index (χ1) is 14.8. The van der Waals surface area contributed by atoms with Crippen LogP contribution in [-0.2, 0) is 34.8 Å². The minimum Gasteiger partial charge on any atom is -0.341 e. The molecule has 1 heterocycles. The van der Waals surface area contributed by atoms with E-state index >= 15 is 0 Å². The predicted octanol–water partition coefficient (Wildman–Crippen LogP) is 3.20. The van der Waals surface area contributed by atoms with E-state index in [1.807, 2.05) is 55.8 Å². The fraction of sp³-hybridized carbons (Fsp3) is 0.391. The van der Waals surface area contributed by atoms with Crippen molar-refractivity contribution in [2.75, 3.05) is 20.1 Å². The van der Waals surface area contributed by atoms with Crippen molar-refractivity contribution in [2.45, 2.75) is 38.1 Å². The Hall–Kier alpha value is -2.71. The lowest BCUT2D eigenvalue weighted by atomic mass is 10.2. The molecule has 0 radical (unpaired) electrons. The van der Waals surface area contributed by atoms with Gasteiger partial charge in [-0.1, -0.05) is 44.2 Å². The molecular weight excluding hydrogens is 412 g/mol. The first-order valence-corrected chi connectivity index (χ1v) is 11.9. The minimum absolute atomic E-state index is 0.0423. The van der Waals surface area contributed by atoms with E-state index in [0.717, 1.165) is 16.9 Å². The quantitative estimate of drug-likeness (QED) is 0.510. The number of fused-ring (bicyclic) bond motifs is 1. The second-order valence-corrected chi connectivity index (χ2v) is 9.50. The molecule has 8 heteroatoms. The molecule has 0 saturated heterocycles. The van der Waals surface area contributed by atoms with Crippen LogP contribution in [0.25, 0.3) is 11.0 Å². The minimum atomic E-state index is -3.54. The van der Waals surface area contributed by atoms with Crippen molar-refractivity contribution in [3.05, 3.63) is 59.9 Å². The van der Waals surface area contributed by atoms with Crippen molar-refractivity contribution in [2.24, 2.45) is 7.05 Å². The maximum absolute atomic E-state index is 12.8. The number of sulfonamides is 1. The number of hydrogen-bond acceptors (Lipinski definition) is 4. The summed E-state index contributed by atoms with van der Waals surface area (Å²) in [4.78, 5) is 19.2. The lowest BCUT2D eigenvalue weighted by Gasteiger charge is -2.18. The molecule has 0 fully saturated rings. The average molecular weight is 443 g/mol. The van der Waals surface area contributed by atoms with Gasteiger partial charge in [-0.3, -0.25) is 4.79 Å². The molecule has 0 bridgehead atoms. The average Bonchev–Trinajstić information content (AvgIpc) is 3.08. The molecule has 0 aliphatic carbocycles. The number of amides is 1. The van der Waals surface area contributed by atoms with Gasteiger partial charge in [-0.25, -0.2) is 13.4 Å². The largest absolute Gasteiger partial charge is 0.341 e. The van der Waals surface area contributed by atoms with E-state index in [2.05, 4.69) is 4.98 Å². The van der Waals surface area contributed by atoms with Crippen LogP contribution >= 0.6 is 0 Å². The Morgan fingerprint density at radius 3 is 2.39 bits per heavy atom. The van der Waals surface area contributed by atoms with E-state index in [4.69, 9.17) is 0 Å². The normalized spacial score (nSPS) is 11.9. The van der Waals surface area contributed by atoms with Crippen molar-refractivity contribution < 1.29 is 13.2 Å². The number of carbonyl (C=O) groups is 1. The van der Waals surface area contributed by atoms with Crippen LogP contribution in [-0.4, -0.2) is 53.2 Å². The van der Waals surface area contributed by atoms with Gasteiger partial charge in [0.15, 0.2) is 0 Å². The van der Waals surface area contributed by atoms with E-state index in [1.165, 1.54) is 4.31 Å². The number of imidazole rings is 1. The summed E-state index contributed by atoms with van der Waals surface area (Å²) in [7, 11) is 0.151. The molecule has 0 saturated carbocycles. The molecule has 0 aliphatic heterocycles. The van der Waals surface area contributed by atoms with Crippen molar-refractivity contribution in [1.82, 2.24) is 18.8 Å². The Bertz CT molecular complexity index is 1150. The van der Waals surface area contributed by atoms with Crippen LogP contribution in [0.1, 0.15) is 31.7 Å². The first kappa shape index (κ1) is 23.0.